The molecule has 0 saturated heterocycles. The molecule has 0 aliphatic rings. The standard InChI is InChI=1S/C26H30N4O/c1-4-20-10-12-21(13-11-20)25(29(2)3)18-28-26(31)15-14-22-19-30(17-7-16-27)24-9-6-5-8-23(22)24/h5-6,8-15,19,25H,4,7,17-18H2,1-3H3,(H,28,31)/b15-14+. The number of amides is 1. The van der Waals surface area contributed by atoms with Crippen molar-refractivity contribution in [2.75, 3.05) is 20.6 Å². The van der Waals surface area contributed by atoms with Gasteiger partial charge in [0.05, 0.1) is 18.5 Å². The maximum absolute atomic E-state index is 12.5. The molecule has 0 radical (unpaired) electrons. The lowest BCUT2D eigenvalue weighted by Gasteiger charge is -2.25. The third-order valence-corrected chi connectivity index (χ3v) is 5.56. The van der Waals surface area contributed by atoms with Crippen LogP contribution in [0, 0.1) is 11.3 Å². The summed E-state index contributed by atoms with van der Waals surface area (Å²) >= 11 is 0. The fourth-order valence-electron chi connectivity index (χ4n) is 3.76. The van der Waals surface area contributed by atoms with Crippen LogP contribution in [-0.2, 0) is 17.8 Å². The minimum absolute atomic E-state index is 0.108. The number of aryl methyl sites for hydroxylation is 2. The van der Waals surface area contributed by atoms with E-state index < -0.39 is 0 Å². The van der Waals surface area contributed by atoms with Crippen molar-refractivity contribution in [2.24, 2.45) is 0 Å². The smallest absolute Gasteiger partial charge is 0.244 e. The molecule has 0 aliphatic heterocycles. The number of aromatic nitrogens is 1. The molecule has 1 amide bonds. The number of hydrogen-bond acceptors (Lipinski definition) is 3. The molecule has 160 valence electrons. The molecule has 0 spiro atoms. The number of para-hydroxylation sites is 1. The van der Waals surface area contributed by atoms with Crippen molar-refractivity contribution < 1.29 is 4.79 Å². The minimum Gasteiger partial charge on any atom is -0.351 e. The Balaban J connectivity index is 1.69. The normalized spacial score (nSPS) is 12.4. The lowest BCUT2D eigenvalue weighted by atomic mass is 10.0. The zero-order valence-electron chi connectivity index (χ0n) is 18.5. The minimum atomic E-state index is -0.120. The van der Waals surface area contributed by atoms with Crippen LogP contribution >= 0.6 is 0 Å². The molecule has 1 aromatic heterocycles. The number of nitrogens with one attached hydrogen (secondary N) is 1. The van der Waals surface area contributed by atoms with Crippen molar-refractivity contribution in [1.29, 1.82) is 5.26 Å². The highest BCUT2D eigenvalue weighted by Crippen LogP contribution is 2.23. The highest BCUT2D eigenvalue weighted by molar-refractivity contribution is 5.96. The summed E-state index contributed by atoms with van der Waals surface area (Å²) in [5.74, 6) is -0.120. The van der Waals surface area contributed by atoms with Gasteiger partial charge in [-0.1, -0.05) is 49.4 Å². The van der Waals surface area contributed by atoms with Gasteiger partial charge in [0, 0.05) is 41.8 Å². The first kappa shape index (κ1) is 22.3. The van der Waals surface area contributed by atoms with E-state index >= 15 is 0 Å². The maximum Gasteiger partial charge on any atom is 0.244 e. The van der Waals surface area contributed by atoms with Crippen LogP contribution in [0.5, 0.6) is 0 Å². The molecule has 1 heterocycles. The Bertz CT molecular complexity index is 1090. The number of carbonyl (C=O) groups excluding carboxylic acids is 1. The number of nitrogens with zero attached hydrogens (tertiary/aromatic N) is 3. The Kier molecular flexibility index (Phi) is 7.64. The monoisotopic (exact) mass is 414 g/mol. The van der Waals surface area contributed by atoms with Gasteiger partial charge in [0.1, 0.15) is 0 Å². The molecular weight excluding hydrogens is 384 g/mol. The molecule has 1 N–H and O–H groups in total. The molecule has 0 aliphatic carbocycles. The Hall–Kier alpha value is -3.36. The summed E-state index contributed by atoms with van der Waals surface area (Å²) < 4.78 is 2.07. The second-order valence-electron chi connectivity index (χ2n) is 7.86. The SMILES string of the molecule is CCc1ccc(C(CNC(=O)/C=C/c2cn(CCC#N)c3ccccc23)N(C)C)cc1. The van der Waals surface area contributed by atoms with Gasteiger partial charge in [0.2, 0.25) is 5.91 Å². The Labute approximate surface area is 184 Å². The van der Waals surface area contributed by atoms with Gasteiger partial charge in [-0.25, -0.2) is 0 Å². The Morgan fingerprint density at radius 3 is 2.61 bits per heavy atom. The molecule has 0 fully saturated rings. The summed E-state index contributed by atoms with van der Waals surface area (Å²) in [5, 5.41) is 13.0. The van der Waals surface area contributed by atoms with Gasteiger partial charge in [-0.2, -0.15) is 5.26 Å². The first-order valence-electron chi connectivity index (χ1n) is 10.7. The third-order valence-electron chi connectivity index (χ3n) is 5.56. The average molecular weight is 415 g/mol. The van der Waals surface area contributed by atoms with E-state index in [2.05, 4.69) is 52.0 Å². The fourth-order valence-corrected chi connectivity index (χ4v) is 3.76. The van der Waals surface area contributed by atoms with E-state index in [1.165, 1.54) is 11.1 Å². The number of fused-ring (bicyclic) bond motifs is 1. The molecular formula is C26H30N4O. The number of likely N-dealkylation sites (N-methyl/N-ethyl adjacent to an activating group) is 1. The fraction of sp³-hybridized carbons (Fsp3) is 0.308. The second-order valence-corrected chi connectivity index (χ2v) is 7.86. The van der Waals surface area contributed by atoms with Gasteiger partial charge in [-0.15, -0.1) is 0 Å². The second kappa shape index (κ2) is 10.6. The van der Waals surface area contributed by atoms with Crippen molar-refractivity contribution in [3.05, 3.63) is 77.5 Å². The topological polar surface area (TPSA) is 61.1 Å². The van der Waals surface area contributed by atoms with Crippen LogP contribution in [0.4, 0.5) is 0 Å². The lowest BCUT2D eigenvalue weighted by Crippen LogP contribution is -2.33. The van der Waals surface area contributed by atoms with Gasteiger partial charge < -0.3 is 14.8 Å². The summed E-state index contributed by atoms with van der Waals surface area (Å²) in [6.45, 7) is 3.32. The molecule has 5 nitrogen and oxygen atoms in total. The van der Waals surface area contributed by atoms with Gasteiger partial charge in [0.25, 0.3) is 0 Å². The highest BCUT2D eigenvalue weighted by atomic mass is 16.1. The predicted molar refractivity (Wildman–Crippen MR) is 126 cm³/mol. The number of benzene rings is 2. The van der Waals surface area contributed by atoms with Gasteiger partial charge in [-0.05, 0) is 43.8 Å². The van der Waals surface area contributed by atoms with Crippen LogP contribution in [-0.4, -0.2) is 36.0 Å². The largest absolute Gasteiger partial charge is 0.351 e. The lowest BCUT2D eigenvalue weighted by molar-refractivity contribution is -0.116. The van der Waals surface area contributed by atoms with Crippen LogP contribution < -0.4 is 5.32 Å². The summed E-state index contributed by atoms with van der Waals surface area (Å²) in [6, 6.07) is 18.9. The van der Waals surface area contributed by atoms with E-state index in [9.17, 15) is 4.79 Å². The average Bonchev–Trinajstić information content (AvgIpc) is 3.14. The summed E-state index contributed by atoms with van der Waals surface area (Å²) in [5.41, 5.74) is 4.54. The summed E-state index contributed by atoms with van der Waals surface area (Å²) in [7, 11) is 4.05. The van der Waals surface area contributed by atoms with E-state index in [1.807, 2.05) is 50.6 Å². The van der Waals surface area contributed by atoms with E-state index in [0.717, 1.165) is 22.9 Å². The van der Waals surface area contributed by atoms with E-state index in [4.69, 9.17) is 5.26 Å². The highest BCUT2D eigenvalue weighted by Gasteiger charge is 2.15. The van der Waals surface area contributed by atoms with Crippen LogP contribution in [0.2, 0.25) is 0 Å². The van der Waals surface area contributed by atoms with Crippen molar-refractivity contribution in [1.82, 2.24) is 14.8 Å². The molecule has 1 atom stereocenters. The first-order chi connectivity index (χ1) is 15.0. The zero-order valence-corrected chi connectivity index (χ0v) is 18.5. The summed E-state index contributed by atoms with van der Waals surface area (Å²) in [4.78, 5) is 14.6. The van der Waals surface area contributed by atoms with E-state index in [-0.39, 0.29) is 11.9 Å². The van der Waals surface area contributed by atoms with Crippen molar-refractivity contribution in [3.8, 4) is 6.07 Å². The van der Waals surface area contributed by atoms with Crippen LogP contribution in [0.1, 0.15) is 36.1 Å². The van der Waals surface area contributed by atoms with Crippen LogP contribution in [0.15, 0.2) is 60.8 Å². The van der Waals surface area contributed by atoms with Crippen molar-refractivity contribution >= 4 is 22.9 Å². The van der Waals surface area contributed by atoms with Gasteiger partial charge >= 0.3 is 0 Å². The van der Waals surface area contributed by atoms with Crippen LogP contribution in [0.25, 0.3) is 17.0 Å². The maximum atomic E-state index is 12.5. The zero-order chi connectivity index (χ0) is 22.2. The first-order valence-corrected chi connectivity index (χ1v) is 10.7. The Morgan fingerprint density at radius 1 is 1.19 bits per heavy atom. The number of hydrogen-bond donors (Lipinski definition) is 1. The molecule has 5 heteroatoms. The van der Waals surface area contributed by atoms with Crippen molar-refractivity contribution in [3.63, 3.8) is 0 Å². The van der Waals surface area contributed by atoms with Gasteiger partial charge in [-0.3, -0.25) is 4.79 Å². The molecule has 3 rings (SSSR count). The van der Waals surface area contributed by atoms with Crippen molar-refractivity contribution in [2.45, 2.75) is 32.4 Å². The van der Waals surface area contributed by atoms with E-state index in [1.54, 1.807) is 6.08 Å². The Morgan fingerprint density at radius 2 is 1.94 bits per heavy atom. The quantitative estimate of drug-likeness (QED) is 0.523. The van der Waals surface area contributed by atoms with Crippen LogP contribution in [0.3, 0.4) is 0 Å². The molecule has 2 aromatic carbocycles. The number of carbonyl (C=O) groups is 1. The number of nitriles is 1. The predicted octanol–water partition coefficient (Wildman–Crippen LogP) is 4.55. The molecule has 1 unspecified atom stereocenters. The molecule has 3 aromatic rings. The van der Waals surface area contributed by atoms with E-state index in [0.29, 0.717) is 19.5 Å². The molecule has 0 saturated carbocycles. The summed E-state index contributed by atoms with van der Waals surface area (Å²) in [6.07, 6.45) is 6.91. The van der Waals surface area contributed by atoms with Gasteiger partial charge in [0.15, 0.2) is 0 Å². The number of rotatable bonds is 9. The molecule has 0 bridgehead atoms. The molecule has 31 heavy (non-hydrogen) atoms. The third kappa shape index (κ3) is 5.62.